The first kappa shape index (κ1) is 13.3. The average Bonchev–Trinajstić information content (AvgIpc) is 2.76. The van der Waals surface area contributed by atoms with E-state index in [0.717, 1.165) is 17.3 Å². The first-order valence-electron chi connectivity index (χ1n) is 5.73. The minimum Gasteiger partial charge on any atom is -0.391 e. The van der Waals surface area contributed by atoms with E-state index in [1.807, 2.05) is 4.90 Å². The number of rotatable bonds is 3. The van der Waals surface area contributed by atoms with Crippen molar-refractivity contribution in [1.82, 2.24) is 9.29 Å². The van der Waals surface area contributed by atoms with Crippen LogP contribution in [-0.2, 0) is 10.0 Å². The van der Waals surface area contributed by atoms with Crippen molar-refractivity contribution in [3.8, 4) is 0 Å². The third-order valence-corrected chi connectivity index (χ3v) is 4.79. The Morgan fingerprint density at radius 1 is 1.44 bits per heavy atom. The van der Waals surface area contributed by atoms with E-state index in [1.54, 1.807) is 12.1 Å². The fraction of sp³-hybridized carbons (Fsp3) is 0.545. The number of sulfonamides is 1. The molecule has 100 valence electrons. The van der Waals surface area contributed by atoms with Crippen LogP contribution in [0.1, 0.15) is 6.42 Å². The molecule has 2 heterocycles. The Bertz CT molecular complexity index is 513. The molecule has 1 saturated heterocycles. The van der Waals surface area contributed by atoms with Gasteiger partial charge in [0.15, 0.2) is 0 Å². The fourth-order valence-electron chi connectivity index (χ4n) is 1.87. The zero-order valence-corrected chi connectivity index (χ0v) is 11.3. The third-order valence-electron chi connectivity index (χ3n) is 2.99. The molecule has 6 nitrogen and oxygen atoms in total. The number of aromatic nitrogens is 1. The van der Waals surface area contributed by atoms with Crippen LogP contribution in [0.3, 0.4) is 0 Å². The van der Waals surface area contributed by atoms with E-state index in [-0.39, 0.29) is 11.0 Å². The number of aliphatic hydroxyl groups is 1. The van der Waals surface area contributed by atoms with Crippen LogP contribution in [0.15, 0.2) is 23.2 Å². The van der Waals surface area contributed by atoms with Crippen molar-refractivity contribution in [3.63, 3.8) is 0 Å². The highest BCUT2D eigenvalue weighted by molar-refractivity contribution is 7.89. The van der Waals surface area contributed by atoms with Gasteiger partial charge in [0.1, 0.15) is 10.7 Å². The number of hydrogen-bond donors (Lipinski definition) is 1. The van der Waals surface area contributed by atoms with Gasteiger partial charge in [0.25, 0.3) is 0 Å². The van der Waals surface area contributed by atoms with Crippen LogP contribution >= 0.6 is 0 Å². The Balaban J connectivity index is 2.21. The Kier molecular flexibility index (Phi) is 3.56. The van der Waals surface area contributed by atoms with Crippen LogP contribution in [0.25, 0.3) is 0 Å². The van der Waals surface area contributed by atoms with E-state index in [9.17, 15) is 13.5 Å². The molecule has 7 heteroatoms. The largest absolute Gasteiger partial charge is 0.391 e. The second kappa shape index (κ2) is 4.83. The van der Waals surface area contributed by atoms with Crippen molar-refractivity contribution in [1.29, 1.82) is 0 Å². The second-order valence-corrected chi connectivity index (χ2v) is 6.68. The van der Waals surface area contributed by atoms with Gasteiger partial charge in [-0.3, -0.25) is 0 Å². The van der Waals surface area contributed by atoms with E-state index in [0.29, 0.717) is 12.4 Å². The lowest BCUT2D eigenvalue weighted by Crippen LogP contribution is -2.24. The maximum atomic E-state index is 11.8. The van der Waals surface area contributed by atoms with E-state index < -0.39 is 10.0 Å². The Hall–Kier alpha value is -1.18. The van der Waals surface area contributed by atoms with E-state index in [4.69, 9.17) is 0 Å². The topological polar surface area (TPSA) is 73.7 Å². The summed E-state index contributed by atoms with van der Waals surface area (Å²) in [5.74, 6) is 0.698. The monoisotopic (exact) mass is 271 g/mol. The summed E-state index contributed by atoms with van der Waals surface area (Å²) >= 11 is 0. The number of hydrogen-bond acceptors (Lipinski definition) is 5. The van der Waals surface area contributed by atoms with Crippen LogP contribution in [0.2, 0.25) is 0 Å². The number of nitrogens with zero attached hydrogens (tertiary/aromatic N) is 3. The second-order valence-electron chi connectivity index (χ2n) is 4.53. The molecule has 0 unspecified atom stereocenters. The predicted molar refractivity (Wildman–Crippen MR) is 67.9 cm³/mol. The van der Waals surface area contributed by atoms with Gasteiger partial charge in [-0.25, -0.2) is 17.7 Å². The Morgan fingerprint density at radius 3 is 2.61 bits per heavy atom. The van der Waals surface area contributed by atoms with Crippen molar-refractivity contribution < 1.29 is 13.5 Å². The summed E-state index contributed by atoms with van der Waals surface area (Å²) in [6.07, 6.45) is 1.76. The molecule has 18 heavy (non-hydrogen) atoms. The summed E-state index contributed by atoms with van der Waals surface area (Å²) in [6, 6.07) is 3.22. The standard InChI is InChI=1S/C11H17N3O3S/c1-13(2)18(16,17)10-3-4-11(12-7-10)14-6-5-9(15)8-14/h3-4,7,9,15H,5-6,8H2,1-2H3/t9-/m0/s1. The van der Waals surface area contributed by atoms with Crippen LogP contribution < -0.4 is 4.90 Å². The molecule has 0 aromatic carbocycles. The summed E-state index contributed by atoms with van der Waals surface area (Å²) in [7, 11) is -0.453. The highest BCUT2D eigenvalue weighted by atomic mass is 32.2. The first-order chi connectivity index (χ1) is 8.41. The quantitative estimate of drug-likeness (QED) is 0.831. The smallest absolute Gasteiger partial charge is 0.244 e. The molecule has 1 aliphatic heterocycles. The number of β-amino-alcohol motifs (C(OH)–C–C–N with tert-alkyl or cyclic N) is 1. The SMILES string of the molecule is CN(C)S(=O)(=O)c1ccc(N2CC[C@H](O)C2)nc1. The highest BCUT2D eigenvalue weighted by Crippen LogP contribution is 2.20. The highest BCUT2D eigenvalue weighted by Gasteiger charge is 2.22. The van der Waals surface area contributed by atoms with Crippen LogP contribution in [-0.4, -0.2) is 56.1 Å². The minimum atomic E-state index is -3.43. The van der Waals surface area contributed by atoms with Gasteiger partial charge < -0.3 is 10.0 Å². The molecule has 1 fully saturated rings. The molecular formula is C11H17N3O3S. The van der Waals surface area contributed by atoms with Gasteiger partial charge >= 0.3 is 0 Å². The third kappa shape index (κ3) is 2.47. The molecule has 0 radical (unpaired) electrons. The predicted octanol–water partition coefficient (Wildman–Crippen LogP) is -0.0971. The van der Waals surface area contributed by atoms with E-state index in [1.165, 1.54) is 20.3 Å². The van der Waals surface area contributed by atoms with Gasteiger partial charge in [0.05, 0.1) is 6.10 Å². The van der Waals surface area contributed by atoms with Crippen LogP contribution in [0.5, 0.6) is 0 Å². The summed E-state index contributed by atoms with van der Waals surface area (Å²) in [6.45, 7) is 1.29. The number of pyridine rings is 1. The normalized spacial score (nSPS) is 20.7. The zero-order chi connectivity index (χ0) is 13.3. The molecule has 0 aliphatic carbocycles. The number of anilines is 1. The van der Waals surface area contributed by atoms with Crippen molar-refractivity contribution in [2.75, 3.05) is 32.1 Å². The van der Waals surface area contributed by atoms with Gasteiger partial charge in [-0.2, -0.15) is 0 Å². The molecule has 1 aliphatic rings. The number of aliphatic hydroxyl groups excluding tert-OH is 1. The van der Waals surface area contributed by atoms with Crippen molar-refractivity contribution in [3.05, 3.63) is 18.3 Å². The minimum absolute atomic E-state index is 0.177. The molecule has 1 aromatic rings. The van der Waals surface area contributed by atoms with E-state index >= 15 is 0 Å². The Labute approximate surface area is 107 Å². The molecule has 1 aromatic heterocycles. The van der Waals surface area contributed by atoms with Gasteiger partial charge in [0, 0.05) is 33.4 Å². The summed E-state index contributed by atoms with van der Waals surface area (Å²) in [4.78, 5) is 6.27. The van der Waals surface area contributed by atoms with Gasteiger partial charge in [-0.05, 0) is 18.6 Å². The molecule has 0 bridgehead atoms. The van der Waals surface area contributed by atoms with Crippen LogP contribution in [0.4, 0.5) is 5.82 Å². The van der Waals surface area contributed by atoms with Crippen LogP contribution in [0, 0.1) is 0 Å². The Morgan fingerprint density at radius 2 is 2.17 bits per heavy atom. The van der Waals surface area contributed by atoms with Gasteiger partial charge in [0.2, 0.25) is 10.0 Å². The zero-order valence-electron chi connectivity index (χ0n) is 10.4. The maximum Gasteiger partial charge on any atom is 0.244 e. The molecule has 0 saturated carbocycles. The molecule has 0 spiro atoms. The van der Waals surface area contributed by atoms with Gasteiger partial charge in [-0.1, -0.05) is 0 Å². The molecule has 1 N–H and O–H groups in total. The lowest BCUT2D eigenvalue weighted by atomic mass is 10.3. The van der Waals surface area contributed by atoms with Crippen molar-refractivity contribution >= 4 is 15.8 Å². The first-order valence-corrected chi connectivity index (χ1v) is 7.17. The lowest BCUT2D eigenvalue weighted by molar-refractivity contribution is 0.198. The van der Waals surface area contributed by atoms with Crippen molar-refractivity contribution in [2.24, 2.45) is 0 Å². The van der Waals surface area contributed by atoms with Crippen molar-refractivity contribution in [2.45, 2.75) is 17.4 Å². The average molecular weight is 271 g/mol. The van der Waals surface area contributed by atoms with Gasteiger partial charge in [-0.15, -0.1) is 0 Å². The summed E-state index contributed by atoms with van der Waals surface area (Å²) < 4.78 is 24.9. The maximum absolute atomic E-state index is 11.8. The molecule has 2 rings (SSSR count). The molecule has 1 atom stereocenters. The molecular weight excluding hydrogens is 254 g/mol. The lowest BCUT2D eigenvalue weighted by Gasteiger charge is -2.17. The molecule has 0 amide bonds. The fourth-order valence-corrected chi connectivity index (χ4v) is 2.72. The van der Waals surface area contributed by atoms with E-state index in [2.05, 4.69) is 4.98 Å². The summed E-state index contributed by atoms with van der Waals surface area (Å²) in [5, 5.41) is 9.45. The summed E-state index contributed by atoms with van der Waals surface area (Å²) in [5.41, 5.74) is 0.